The van der Waals surface area contributed by atoms with Crippen LogP contribution in [0.15, 0.2) is 24.3 Å². The molecule has 1 aliphatic carbocycles. The van der Waals surface area contributed by atoms with Crippen LogP contribution in [0.25, 0.3) is 0 Å². The first kappa shape index (κ1) is 13.6. The van der Waals surface area contributed by atoms with Crippen LogP contribution in [-0.2, 0) is 0 Å². The van der Waals surface area contributed by atoms with Crippen molar-refractivity contribution in [2.24, 2.45) is 0 Å². The van der Waals surface area contributed by atoms with E-state index >= 15 is 0 Å². The van der Waals surface area contributed by atoms with E-state index in [4.69, 9.17) is 6.42 Å². The van der Waals surface area contributed by atoms with Crippen molar-refractivity contribution in [3.05, 3.63) is 29.8 Å². The summed E-state index contributed by atoms with van der Waals surface area (Å²) in [4.78, 5) is 0. The Kier molecular flexibility index (Phi) is 2.74. The molecule has 19 heavy (non-hydrogen) atoms. The predicted molar refractivity (Wildman–Crippen MR) is 53.6 cm³/mol. The smallest absolute Gasteiger partial charge is 0.384 e. The fraction of sp³-hybridized carbons (Fsp3) is 0.333. The lowest BCUT2D eigenvalue weighted by atomic mass is 9.80. The molecule has 2 unspecified atom stereocenters. The van der Waals surface area contributed by atoms with Gasteiger partial charge in [0, 0.05) is 0 Å². The highest BCUT2D eigenvalue weighted by Crippen LogP contribution is 2.61. The van der Waals surface area contributed by atoms with Crippen LogP contribution < -0.4 is 4.74 Å². The highest BCUT2D eigenvalue weighted by atomic mass is 19.3. The Morgan fingerprint density at radius 1 is 1.11 bits per heavy atom. The maximum Gasteiger partial charge on any atom is 0.384 e. The van der Waals surface area contributed by atoms with E-state index in [1.807, 2.05) is 5.92 Å². The van der Waals surface area contributed by atoms with Gasteiger partial charge in [0.25, 0.3) is 0 Å². The summed E-state index contributed by atoms with van der Waals surface area (Å²) < 4.78 is 82.0. The van der Waals surface area contributed by atoms with Crippen molar-refractivity contribution in [1.29, 1.82) is 0 Å². The van der Waals surface area contributed by atoms with Crippen molar-refractivity contribution < 1.29 is 31.1 Å². The molecule has 0 spiro atoms. The predicted octanol–water partition coefficient (Wildman–Crippen LogP) is 3.33. The number of alkyl halides is 6. The summed E-state index contributed by atoms with van der Waals surface area (Å²) >= 11 is 0. The van der Waals surface area contributed by atoms with E-state index < -0.39 is 29.6 Å². The number of rotatable bonds is 2. The van der Waals surface area contributed by atoms with Gasteiger partial charge in [-0.3, -0.25) is 0 Å². The fourth-order valence-electron chi connectivity index (χ4n) is 1.65. The molecular weight excluding hydrogens is 274 g/mol. The van der Waals surface area contributed by atoms with Gasteiger partial charge in [-0.1, -0.05) is 18.1 Å². The monoisotopic (exact) mass is 280 g/mol. The van der Waals surface area contributed by atoms with E-state index in [0.29, 0.717) is 0 Å². The van der Waals surface area contributed by atoms with Crippen molar-refractivity contribution >= 4 is 0 Å². The van der Waals surface area contributed by atoms with Crippen LogP contribution in [0.3, 0.4) is 0 Å². The molecule has 1 aromatic carbocycles. The molecule has 0 saturated heterocycles. The molecule has 0 N–H and O–H groups in total. The molecule has 1 aromatic rings. The van der Waals surface area contributed by atoms with Gasteiger partial charge in [-0.2, -0.15) is 22.0 Å². The molecule has 2 atom stereocenters. The molecule has 2 rings (SSSR count). The van der Waals surface area contributed by atoms with Crippen molar-refractivity contribution in [3.63, 3.8) is 0 Å². The molecule has 0 heterocycles. The maximum atomic E-state index is 13.7. The molecule has 0 aromatic heterocycles. The molecule has 1 nitrogen and oxygen atoms in total. The summed E-state index contributed by atoms with van der Waals surface area (Å²) in [7, 11) is 0. The number of para-hydroxylation sites is 1. The van der Waals surface area contributed by atoms with Crippen LogP contribution in [0.5, 0.6) is 5.75 Å². The molecule has 0 amide bonds. The Labute approximate surface area is 104 Å². The van der Waals surface area contributed by atoms with Crippen molar-refractivity contribution in [2.45, 2.75) is 23.9 Å². The van der Waals surface area contributed by atoms with Gasteiger partial charge in [0.05, 0.1) is 5.56 Å². The Morgan fingerprint density at radius 2 is 1.68 bits per heavy atom. The average Bonchev–Trinajstić information content (AvgIpc) is 2.37. The zero-order chi connectivity index (χ0) is 14.5. The molecule has 0 aliphatic heterocycles. The summed E-state index contributed by atoms with van der Waals surface area (Å²) in [6.07, 6.45) is 1.23. The highest BCUT2D eigenvalue weighted by Gasteiger charge is 2.92. The van der Waals surface area contributed by atoms with Gasteiger partial charge in [0.2, 0.25) is 6.17 Å². The Bertz CT molecular complexity index is 549. The second-order valence-corrected chi connectivity index (χ2v) is 3.95. The lowest BCUT2D eigenvalue weighted by Gasteiger charge is -2.49. The lowest BCUT2D eigenvalue weighted by molar-refractivity contribution is -0.445. The van der Waals surface area contributed by atoms with Crippen LogP contribution in [-0.4, -0.2) is 23.9 Å². The maximum absolute atomic E-state index is 13.7. The van der Waals surface area contributed by atoms with Gasteiger partial charge in [-0.15, -0.1) is 6.42 Å². The third-order valence-corrected chi connectivity index (χ3v) is 2.79. The summed E-state index contributed by atoms with van der Waals surface area (Å²) in [5.74, 6) is -13.5. The molecule has 7 heteroatoms. The van der Waals surface area contributed by atoms with Gasteiger partial charge < -0.3 is 4.74 Å². The third-order valence-electron chi connectivity index (χ3n) is 2.79. The van der Waals surface area contributed by atoms with Crippen molar-refractivity contribution in [2.75, 3.05) is 0 Å². The van der Waals surface area contributed by atoms with E-state index in [9.17, 15) is 26.3 Å². The number of halogens is 6. The van der Waals surface area contributed by atoms with E-state index in [1.165, 1.54) is 18.2 Å². The molecule has 0 bridgehead atoms. The number of hydrogen-bond acceptors (Lipinski definition) is 1. The van der Waals surface area contributed by atoms with Crippen LogP contribution >= 0.6 is 0 Å². The number of ether oxygens (including phenoxy) is 1. The number of benzene rings is 1. The normalized spacial score (nSPS) is 31.1. The van der Waals surface area contributed by atoms with E-state index in [-0.39, 0.29) is 5.56 Å². The second-order valence-electron chi connectivity index (χ2n) is 3.95. The van der Waals surface area contributed by atoms with E-state index in [0.717, 1.165) is 6.07 Å². The second kappa shape index (κ2) is 3.83. The molecule has 1 saturated carbocycles. The number of hydrogen-bond donors (Lipinski definition) is 0. The first-order chi connectivity index (χ1) is 8.68. The van der Waals surface area contributed by atoms with Crippen molar-refractivity contribution in [3.8, 4) is 18.1 Å². The molecule has 1 fully saturated rings. The van der Waals surface area contributed by atoms with Crippen molar-refractivity contribution in [1.82, 2.24) is 0 Å². The Morgan fingerprint density at radius 3 is 2.21 bits per heavy atom. The Balaban J connectivity index is 2.37. The van der Waals surface area contributed by atoms with Gasteiger partial charge in [-0.05, 0) is 12.1 Å². The minimum atomic E-state index is -5.28. The van der Waals surface area contributed by atoms with Crippen LogP contribution in [0.1, 0.15) is 5.56 Å². The molecule has 102 valence electrons. The van der Waals surface area contributed by atoms with Gasteiger partial charge in [0.1, 0.15) is 5.75 Å². The first-order valence-electron chi connectivity index (χ1n) is 5.01. The summed E-state index contributed by atoms with van der Waals surface area (Å²) in [6.45, 7) is 0. The standard InChI is InChI=1S/C12H6F6O/c1-2-7-5-3-4-6-8(7)19-11(16)9(13)10(14,15)12(11,17)18/h1,3-6,9H. The zero-order valence-electron chi connectivity index (χ0n) is 9.14. The number of terminal acetylenes is 1. The lowest BCUT2D eigenvalue weighted by Crippen LogP contribution is -2.80. The van der Waals surface area contributed by atoms with Gasteiger partial charge in [-0.25, -0.2) is 4.39 Å². The molecule has 0 radical (unpaired) electrons. The van der Waals surface area contributed by atoms with Crippen LogP contribution in [0.2, 0.25) is 0 Å². The molecule has 1 aliphatic rings. The Hall–Kier alpha value is -1.84. The van der Waals surface area contributed by atoms with E-state index in [1.54, 1.807) is 0 Å². The zero-order valence-corrected chi connectivity index (χ0v) is 9.14. The summed E-state index contributed by atoms with van der Waals surface area (Å²) in [6, 6.07) is 4.84. The largest absolute Gasteiger partial charge is 0.448 e. The first-order valence-corrected chi connectivity index (χ1v) is 5.01. The minimum absolute atomic E-state index is 0.155. The average molecular weight is 280 g/mol. The van der Waals surface area contributed by atoms with Gasteiger partial charge >= 0.3 is 17.7 Å². The van der Waals surface area contributed by atoms with Gasteiger partial charge in [0.15, 0.2) is 0 Å². The SMILES string of the molecule is C#Cc1ccccc1OC1(F)C(F)C(F)(F)C1(F)F. The summed E-state index contributed by atoms with van der Waals surface area (Å²) in [5.41, 5.74) is -0.155. The molecular formula is C12H6F6O. The third kappa shape index (κ3) is 1.52. The fourth-order valence-corrected chi connectivity index (χ4v) is 1.65. The minimum Gasteiger partial charge on any atom is -0.448 e. The van der Waals surface area contributed by atoms with Crippen LogP contribution in [0.4, 0.5) is 26.3 Å². The summed E-state index contributed by atoms with van der Waals surface area (Å²) in [5, 5.41) is 0. The topological polar surface area (TPSA) is 9.23 Å². The quantitative estimate of drug-likeness (QED) is 0.596. The van der Waals surface area contributed by atoms with Crippen LogP contribution in [0, 0.1) is 12.3 Å². The van der Waals surface area contributed by atoms with E-state index in [2.05, 4.69) is 4.74 Å². The highest BCUT2D eigenvalue weighted by molar-refractivity contribution is 5.45.